The Morgan fingerprint density at radius 1 is 1.45 bits per heavy atom. The summed E-state index contributed by atoms with van der Waals surface area (Å²) in [4.78, 5) is 26.0. The normalized spacial score (nSPS) is 32.6. The second kappa shape index (κ2) is 5.35. The summed E-state index contributed by atoms with van der Waals surface area (Å²) < 4.78 is 5.63. The van der Waals surface area contributed by atoms with E-state index >= 15 is 0 Å². The summed E-state index contributed by atoms with van der Waals surface area (Å²) in [6, 6.07) is 0. The van der Waals surface area contributed by atoms with Gasteiger partial charge < -0.3 is 15.0 Å². The Morgan fingerprint density at radius 2 is 2.20 bits per heavy atom. The fraction of sp³-hybridized carbons (Fsp3) is 0.867. The lowest BCUT2D eigenvalue weighted by Gasteiger charge is -2.39. The summed E-state index contributed by atoms with van der Waals surface area (Å²) in [5, 5.41) is 2.93. The number of carbonyl (C=O) groups excluding carboxylic acids is 2. The maximum atomic E-state index is 12.6. The highest BCUT2D eigenvalue weighted by atomic mass is 16.5. The van der Waals surface area contributed by atoms with E-state index in [0.29, 0.717) is 13.0 Å². The first-order chi connectivity index (χ1) is 9.63. The van der Waals surface area contributed by atoms with Gasteiger partial charge in [0.25, 0.3) is 0 Å². The summed E-state index contributed by atoms with van der Waals surface area (Å²) in [7, 11) is 0. The largest absolute Gasteiger partial charge is 0.377 e. The van der Waals surface area contributed by atoms with Crippen molar-refractivity contribution in [3.63, 3.8) is 0 Å². The third-order valence-corrected chi connectivity index (χ3v) is 5.26. The van der Waals surface area contributed by atoms with Gasteiger partial charge in [0.15, 0.2) is 0 Å². The summed E-state index contributed by atoms with van der Waals surface area (Å²) >= 11 is 0. The molecule has 1 N–H and O–H groups in total. The molecule has 0 aromatic carbocycles. The number of nitrogens with one attached hydrogen (secondary N) is 1. The lowest BCUT2D eigenvalue weighted by molar-refractivity contribution is -0.139. The van der Waals surface area contributed by atoms with E-state index in [1.54, 1.807) is 0 Å². The van der Waals surface area contributed by atoms with Crippen molar-refractivity contribution in [1.29, 1.82) is 0 Å². The molecule has 3 rings (SSSR count). The molecule has 3 aliphatic rings. The highest BCUT2D eigenvalue weighted by Gasteiger charge is 2.43. The molecule has 2 amide bonds. The Hall–Kier alpha value is -1.10. The second-order valence-electron chi connectivity index (χ2n) is 6.49. The van der Waals surface area contributed by atoms with E-state index in [-0.39, 0.29) is 29.3 Å². The average molecular weight is 280 g/mol. The molecule has 3 aliphatic heterocycles. The Kier molecular flexibility index (Phi) is 3.71. The minimum atomic E-state index is 0.0531. The molecule has 0 aliphatic carbocycles. The van der Waals surface area contributed by atoms with Gasteiger partial charge in [0, 0.05) is 32.7 Å². The first-order valence-corrected chi connectivity index (χ1v) is 7.81. The number of nitrogens with zero attached hydrogens (tertiary/aromatic N) is 1. The Bertz CT molecular complexity index is 402. The SMILES string of the molecule is CCC1OCCC1C(=O)N1CCC2(CC1)CNC(=O)C2. The van der Waals surface area contributed by atoms with E-state index in [9.17, 15) is 9.59 Å². The maximum Gasteiger partial charge on any atom is 0.228 e. The molecular weight excluding hydrogens is 256 g/mol. The van der Waals surface area contributed by atoms with Crippen molar-refractivity contribution in [1.82, 2.24) is 10.2 Å². The predicted octanol–water partition coefficient (Wildman–Crippen LogP) is 0.930. The lowest BCUT2D eigenvalue weighted by Crippen LogP contribution is -2.47. The maximum absolute atomic E-state index is 12.6. The van der Waals surface area contributed by atoms with Crippen molar-refractivity contribution in [2.24, 2.45) is 11.3 Å². The van der Waals surface area contributed by atoms with Gasteiger partial charge in [0.1, 0.15) is 0 Å². The third-order valence-electron chi connectivity index (χ3n) is 5.26. The molecule has 2 atom stereocenters. The van der Waals surface area contributed by atoms with Crippen LogP contribution in [0, 0.1) is 11.3 Å². The van der Waals surface area contributed by atoms with Gasteiger partial charge in [0.05, 0.1) is 12.0 Å². The predicted molar refractivity (Wildman–Crippen MR) is 74.0 cm³/mol. The van der Waals surface area contributed by atoms with Crippen LogP contribution in [-0.2, 0) is 14.3 Å². The molecule has 112 valence electrons. The first-order valence-electron chi connectivity index (χ1n) is 7.81. The summed E-state index contributed by atoms with van der Waals surface area (Å²) in [6.45, 7) is 5.17. The van der Waals surface area contributed by atoms with Crippen LogP contribution in [0.5, 0.6) is 0 Å². The van der Waals surface area contributed by atoms with Crippen molar-refractivity contribution in [2.75, 3.05) is 26.2 Å². The molecule has 2 unspecified atom stereocenters. The van der Waals surface area contributed by atoms with Gasteiger partial charge in [-0.05, 0) is 31.1 Å². The zero-order valence-corrected chi connectivity index (χ0v) is 12.2. The Balaban J connectivity index is 1.58. The molecule has 0 aromatic heterocycles. The Labute approximate surface area is 120 Å². The van der Waals surface area contributed by atoms with Gasteiger partial charge >= 0.3 is 0 Å². The topological polar surface area (TPSA) is 58.6 Å². The molecule has 3 saturated heterocycles. The van der Waals surface area contributed by atoms with E-state index in [2.05, 4.69) is 12.2 Å². The van der Waals surface area contributed by atoms with Crippen LogP contribution in [0.1, 0.15) is 39.0 Å². The number of amides is 2. The standard InChI is InChI=1S/C15H24N2O3/c1-2-12-11(3-8-20-12)14(19)17-6-4-15(5-7-17)9-13(18)16-10-15/h11-12H,2-10H2,1H3,(H,16,18). The van der Waals surface area contributed by atoms with E-state index < -0.39 is 0 Å². The number of likely N-dealkylation sites (tertiary alicyclic amines) is 1. The van der Waals surface area contributed by atoms with E-state index in [0.717, 1.165) is 45.3 Å². The molecular formula is C15H24N2O3. The van der Waals surface area contributed by atoms with Gasteiger partial charge in [0.2, 0.25) is 11.8 Å². The number of hydrogen-bond donors (Lipinski definition) is 1. The minimum Gasteiger partial charge on any atom is -0.377 e. The first kappa shape index (κ1) is 13.9. The number of carbonyl (C=O) groups is 2. The Morgan fingerprint density at radius 3 is 2.80 bits per heavy atom. The van der Waals surface area contributed by atoms with Crippen LogP contribution in [-0.4, -0.2) is 49.1 Å². The quantitative estimate of drug-likeness (QED) is 0.818. The van der Waals surface area contributed by atoms with Crippen LogP contribution in [0.3, 0.4) is 0 Å². The zero-order chi connectivity index (χ0) is 14.2. The second-order valence-corrected chi connectivity index (χ2v) is 6.49. The molecule has 0 aromatic rings. The van der Waals surface area contributed by atoms with Gasteiger partial charge in [-0.3, -0.25) is 9.59 Å². The van der Waals surface area contributed by atoms with Crippen LogP contribution in [0.4, 0.5) is 0 Å². The third kappa shape index (κ3) is 2.43. The molecule has 3 heterocycles. The van der Waals surface area contributed by atoms with Gasteiger partial charge in [-0.15, -0.1) is 0 Å². The fourth-order valence-corrected chi connectivity index (χ4v) is 3.87. The molecule has 1 spiro atoms. The highest BCUT2D eigenvalue weighted by Crippen LogP contribution is 2.38. The number of rotatable bonds is 2. The molecule has 5 nitrogen and oxygen atoms in total. The smallest absolute Gasteiger partial charge is 0.228 e. The summed E-state index contributed by atoms with van der Waals surface area (Å²) in [5.41, 5.74) is 0.115. The van der Waals surface area contributed by atoms with Crippen molar-refractivity contribution < 1.29 is 14.3 Å². The zero-order valence-electron chi connectivity index (χ0n) is 12.2. The molecule has 0 bridgehead atoms. The molecule has 20 heavy (non-hydrogen) atoms. The van der Waals surface area contributed by atoms with E-state index in [1.807, 2.05) is 4.90 Å². The van der Waals surface area contributed by atoms with Crippen LogP contribution in [0.15, 0.2) is 0 Å². The fourth-order valence-electron chi connectivity index (χ4n) is 3.87. The summed E-state index contributed by atoms with van der Waals surface area (Å²) in [5.74, 6) is 0.485. The number of piperidine rings is 1. The molecule has 5 heteroatoms. The monoisotopic (exact) mass is 280 g/mol. The number of hydrogen-bond acceptors (Lipinski definition) is 3. The van der Waals surface area contributed by atoms with Crippen molar-refractivity contribution in [2.45, 2.75) is 45.1 Å². The van der Waals surface area contributed by atoms with Gasteiger partial charge in [-0.2, -0.15) is 0 Å². The average Bonchev–Trinajstić information content (AvgIpc) is 3.06. The van der Waals surface area contributed by atoms with Crippen LogP contribution in [0.2, 0.25) is 0 Å². The van der Waals surface area contributed by atoms with Gasteiger partial charge in [-0.1, -0.05) is 6.92 Å². The van der Waals surface area contributed by atoms with Crippen LogP contribution >= 0.6 is 0 Å². The van der Waals surface area contributed by atoms with Crippen LogP contribution < -0.4 is 5.32 Å². The van der Waals surface area contributed by atoms with Crippen molar-refractivity contribution in [3.05, 3.63) is 0 Å². The molecule has 0 radical (unpaired) electrons. The van der Waals surface area contributed by atoms with Gasteiger partial charge in [-0.25, -0.2) is 0 Å². The lowest BCUT2D eigenvalue weighted by atomic mass is 9.77. The molecule has 3 fully saturated rings. The molecule has 0 saturated carbocycles. The van der Waals surface area contributed by atoms with Crippen molar-refractivity contribution in [3.8, 4) is 0 Å². The number of ether oxygens (including phenoxy) is 1. The van der Waals surface area contributed by atoms with Crippen LogP contribution in [0.25, 0.3) is 0 Å². The summed E-state index contributed by atoms with van der Waals surface area (Å²) in [6.07, 6.45) is 4.40. The van der Waals surface area contributed by atoms with Crippen molar-refractivity contribution >= 4 is 11.8 Å². The highest BCUT2D eigenvalue weighted by molar-refractivity contribution is 5.81. The van der Waals surface area contributed by atoms with E-state index in [1.165, 1.54) is 0 Å². The van der Waals surface area contributed by atoms with E-state index in [4.69, 9.17) is 4.74 Å². The minimum absolute atomic E-state index is 0.0531.